The smallest absolute Gasteiger partial charge is 0.385 e. The van der Waals surface area contributed by atoms with Crippen LogP contribution in [0, 0.1) is 0 Å². The molecule has 0 fully saturated rings. The molecule has 7 rings (SSSR count). The van der Waals surface area contributed by atoms with Crippen LogP contribution in [0.15, 0.2) is 174 Å². The fourth-order valence-electron chi connectivity index (χ4n) is 6.52. The highest BCUT2D eigenvalue weighted by atomic mass is 19.3. The first kappa shape index (κ1) is 38.4. The molecule has 4 nitrogen and oxygen atoms in total. The summed E-state index contributed by atoms with van der Waals surface area (Å²) in [5.74, 6) is -7.98. The Labute approximate surface area is 321 Å². The van der Waals surface area contributed by atoms with Gasteiger partial charge in [-0.15, -0.1) is 0 Å². The molecule has 11 heteroatoms. The van der Waals surface area contributed by atoms with Crippen LogP contribution >= 0.6 is 0 Å². The van der Waals surface area contributed by atoms with Gasteiger partial charge in [-0.2, -0.15) is 0 Å². The fourth-order valence-corrected chi connectivity index (χ4v) is 6.52. The minimum atomic E-state index is -3.99. The topological polar surface area (TPSA) is 35.8 Å². The SMILES string of the molecule is FCC(F)(F)COB(OCC(F)(F)CF)n1c(-c2ccccc2)cc(-c2ccccc2)c1/C(=C1\N=C(c2ccccc2)C=C1c1ccccc1)c1ccccc1. The van der Waals surface area contributed by atoms with Gasteiger partial charge in [-0.3, -0.25) is 0 Å². The lowest BCUT2D eigenvalue weighted by Crippen LogP contribution is -2.42. The largest absolute Gasteiger partial charge is 0.598 e. The summed E-state index contributed by atoms with van der Waals surface area (Å²) < 4.78 is 98.5. The normalized spacial score (nSPS) is 14.0. The first-order valence-electron chi connectivity index (χ1n) is 17.9. The monoisotopic (exact) mass is 760 g/mol. The third-order valence-electron chi connectivity index (χ3n) is 9.13. The highest BCUT2D eigenvalue weighted by Gasteiger charge is 2.41. The maximum atomic E-state index is 14.7. The minimum absolute atomic E-state index is 0.313. The predicted molar refractivity (Wildman–Crippen MR) is 210 cm³/mol. The van der Waals surface area contributed by atoms with Crippen LogP contribution in [-0.2, 0) is 9.31 Å². The predicted octanol–water partition coefficient (Wildman–Crippen LogP) is 11.2. The van der Waals surface area contributed by atoms with E-state index in [1.54, 1.807) is 36.4 Å². The molecule has 6 aromatic rings. The number of alkyl halides is 6. The molecule has 0 saturated carbocycles. The van der Waals surface area contributed by atoms with E-state index in [4.69, 9.17) is 14.3 Å². The van der Waals surface area contributed by atoms with Crippen molar-refractivity contribution in [2.75, 3.05) is 26.6 Å². The van der Waals surface area contributed by atoms with Crippen molar-refractivity contribution in [1.29, 1.82) is 0 Å². The van der Waals surface area contributed by atoms with Gasteiger partial charge in [0.1, 0.15) is 0 Å². The molecule has 5 aromatic carbocycles. The maximum absolute atomic E-state index is 14.7. The van der Waals surface area contributed by atoms with Crippen molar-refractivity contribution in [2.45, 2.75) is 11.8 Å². The Morgan fingerprint density at radius 1 is 0.571 bits per heavy atom. The molecule has 0 aliphatic carbocycles. The second-order valence-corrected chi connectivity index (χ2v) is 13.2. The van der Waals surface area contributed by atoms with Gasteiger partial charge in [0.2, 0.25) is 0 Å². The summed E-state index contributed by atoms with van der Waals surface area (Å²) in [4.78, 5) is 5.25. The minimum Gasteiger partial charge on any atom is -0.385 e. The molecule has 0 amide bonds. The van der Waals surface area contributed by atoms with Crippen LogP contribution in [0.4, 0.5) is 26.3 Å². The quantitative estimate of drug-likeness (QED) is 0.0772. The molecule has 282 valence electrons. The van der Waals surface area contributed by atoms with E-state index < -0.39 is 45.7 Å². The number of hydrogen-bond donors (Lipinski definition) is 0. The number of aliphatic imine (C=N–C) groups is 1. The zero-order valence-corrected chi connectivity index (χ0v) is 30.0. The van der Waals surface area contributed by atoms with Gasteiger partial charge in [0, 0.05) is 28.0 Å². The van der Waals surface area contributed by atoms with Crippen molar-refractivity contribution in [3.05, 3.63) is 192 Å². The van der Waals surface area contributed by atoms with Gasteiger partial charge in [-0.25, -0.2) is 31.3 Å². The van der Waals surface area contributed by atoms with E-state index in [0.29, 0.717) is 50.6 Å². The average Bonchev–Trinajstić information content (AvgIpc) is 3.86. The zero-order chi connectivity index (χ0) is 39.1. The Balaban J connectivity index is 1.62. The molecule has 0 atom stereocenters. The highest BCUT2D eigenvalue weighted by molar-refractivity contribution is 6.44. The first-order valence-corrected chi connectivity index (χ1v) is 17.9. The van der Waals surface area contributed by atoms with Gasteiger partial charge in [-0.05, 0) is 34.4 Å². The van der Waals surface area contributed by atoms with Crippen LogP contribution < -0.4 is 0 Å². The molecule has 0 spiro atoms. The van der Waals surface area contributed by atoms with E-state index in [-0.39, 0.29) is 0 Å². The molecule has 0 unspecified atom stereocenters. The van der Waals surface area contributed by atoms with E-state index in [9.17, 15) is 26.3 Å². The first-order chi connectivity index (χ1) is 27.2. The van der Waals surface area contributed by atoms with Gasteiger partial charge in [0.05, 0.1) is 30.3 Å². The van der Waals surface area contributed by atoms with Gasteiger partial charge in [0.25, 0.3) is 11.8 Å². The van der Waals surface area contributed by atoms with Crippen molar-refractivity contribution in [3.8, 4) is 22.4 Å². The summed E-state index contributed by atoms with van der Waals surface area (Å²) in [5, 5.41) is 0. The van der Waals surface area contributed by atoms with E-state index in [1.165, 1.54) is 4.48 Å². The maximum Gasteiger partial charge on any atom is 0.598 e. The Kier molecular flexibility index (Phi) is 11.5. The molecular weight excluding hydrogens is 725 g/mol. The Hall–Kier alpha value is -5.91. The van der Waals surface area contributed by atoms with Crippen LogP contribution in [0.3, 0.4) is 0 Å². The number of aromatic nitrogens is 1. The molecule has 0 bridgehead atoms. The molecule has 0 N–H and O–H groups in total. The van der Waals surface area contributed by atoms with Gasteiger partial charge in [-0.1, -0.05) is 152 Å². The van der Waals surface area contributed by atoms with Crippen molar-refractivity contribution < 1.29 is 35.7 Å². The summed E-state index contributed by atoms with van der Waals surface area (Å²) in [5.41, 5.74) is 7.07. The lowest BCUT2D eigenvalue weighted by molar-refractivity contribution is -0.0824. The Morgan fingerprint density at radius 2 is 1.02 bits per heavy atom. The third-order valence-corrected chi connectivity index (χ3v) is 9.13. The second-order valence-electron chi connectivity index (χ2n) is 13.2. The number of nitrogens with zero attached hydrogens (tertiary/aromatic N) is 2. The molecule has 1 aliphatic rings. The lowest BCUT2D eigenvalue weighted by Gasteiger charge is -2.26. The number of rotatable bonds is 15. The van der Waals surface area contributed by atoms with Crippen LogP contribution in [0.25, 0.3) is 33.5 Å². The Bertz CT molecular complexity index is 2310. The number of hydrogen-bond acceptors (Lipinski definition) is 3. The fraction of sp³-hybridized carbons (Fsp3) is 0.133. The van der Waals surface area contributed by atoms with Crippen molar-refractivity contribution in [3.63, 3.8) is 0 Å². The molecule has 1 aromatic heterocycles. The standard InChI is InChI=1S/C45H35BF6N2O2/c47-28-44(49,50)30-55-46(56-31-45(51,52)29-48)54-40(35-22-12-4-13-23-35)27-38(33-18-8-2-9-19-33)43(54)41(36-24-14-5-15-25-36)42-37(32-16-6-1-7-17-32)26-39(53-42)34-20-10-3-11-21-34/h1-27H,28-31H2/b42-41-. The van der Waals surface area contributed by atoms with Crippen LogP contribution in [0.5, 0.6) is 0 Å². The number of allylic oxidation sites excluding steroid dienone is 2. The highest BCUT2D eigenvalue weighted by Crippen LogP contribution is 2.45. The molecule has 0 saturated heterocycles. The summed E-state index contributed by atoms with van der Waals surface area (Å²) in [6.45, 7) is -7.18. The molecule has 1 aliphatic heterocycles. The van der Waals surface area contributed by atoms with Gasteiger partial charge < -0.3 is 13.8 Å². The van der Waals surface area contributed by atoms with Crippen LogP contribution in [0.2, 0.25) is 0 Å². The second kappa shape index (κ2) is 16.9. The zero-order valence-electron chi connectivity index (χ0n) is 30.0. The van der Waals surface area contributed by atoms with Crippen LogP contribution in [-0.4, -0.2) is 55.9 Å². The van der Waals surface area contributed by atoms with Gasteiger partial charge >= 0.3 is 7.25 Å². The van der Waals surface area contributed by atoms with E-state index in [0.717, 1.165) is 16.7 Å². The molecule has 2 heterocycles. The lowest BCUT2D eigenvalue weighted by atomic mass is 9.89. The average molecular weight is 761 g/mol. The molecular formula is C45H35BF6N2O2. The van der Waals surface area contributed by atoms with Crippen molar-refractivity contribution in [1.82, 2.24) is 4.48 Å². The van der Waals surface area contributed by atoms with Crippen molar-refractivity contribution >= 4 is 24.1 Å². The summed E-state index contributed by atoms with van der Waals surface area (Å²) >= 11 is 0. The van der Waals surface area contributed by atoms with Crippen molar-refractivity contribution in [2.24, 2.45) is 4.99 Å². The van der Waals surface area contributed by atoms with Gasteiger partial charge in [0.15, 0.2) is 13.3 Å². The van der Waals surface area contributed by atoms with E-state index in [2.05, 4.69) is 0 Å². The van der Waals surface area contributed by atoms with Crippen LogP contribution in [0.1, 0.15) is 22.4 Å². The molecule has 56 heavy (non-hydrogen) atoms. The summed E-state index contributed by atoms with van der Waals surface area (Å²) in [6, 6.07) is 48.2. The Morgan fingerprint density at radius 3 is 1.52 bits per heavy atom. The molecule has 0 radical (unpaired) electrons. The third kappa shape index (κ3) is 8.49. The number of benzene rings is 5. The van der Waals surface area contributed by atoms with E-state index >= 15 is 0 Å². The number of halogens is 6. The summed E-state index contributed by atoms with van der Waals surface area (Å²) in [7, 11) is -2.03. The van der Waals surface area contributed by atoms with E-state index in [1.807, 2.05) is 127 Å². The summed E-state index contributed by atoms with van der Waals surface area (Å²) in [6.07, 6.45) is 1.96.